The second-order valence-electron chi connectivity index (χ2n) is 11.6. The number of carbonyl (C=O) groups excluding carboxylic acids is 1. The van der Waals surface area contributed by atoms with E-state index in [1.54, 1.807) is 39.9 Å². The summed E-state index contributed by atoms with van der Waals surface area (Å²) < 4.78 is 23.7. The number of nitrogens with zero attached hydrogens (tertiary/aromatic N) is 6. The van der Waals surface area contributed by atoms with Crippen molar-refractivity contribution < 1.29 is 13.9 Å². The molecule has 2 radical (unpaired) electrons. The summed E-state index contributed by atoms with van der Waals surface area (Å²) in [6.45, 7) is 4.86. The Kier molecular flexibility index (Phi) is 8.04. The number of hydrogen-bond donors (Lipinski definition) is 1. The standard InChI is InChI=1S/C32H31AsFN7O2/c1-32(2,38-21-10-11-21)16-20(17-35)31(42)40-14-6-7-22(40)18-41-30-27(29(33)36-19-37-30)28(39-41)25-13-12-24(15-26(25)34)43-23-8-4-3-5-9-23/h3-5,8-9,12-13,15-16,19,21-22,38H,6-7,10-11,14,18H2,1-2H3. The average molecular weight is 640 g/mol. The van der Waals surface area contributed by atoms with Crippen LogP contribution in [0.3, 0.4) is 0 Å². The van der Waals surface area contributed by atoms with E-state index in [9.17, 15) is 10.1 Å². The number of halogens is 1. The number of carbonyl (C=O) groups is 1. The van der Waals surface area contributed by atoms with Gasteiger partial charge in [-0.3, -0.25) is 0 Å². The molecule has 0 bridgehead atoms. The molecule has 1 aliphatic heterocycles. The predicted octanol–water partition coefficient (Wildman–Crippen LogP) is 4.19. The number of para-hydroxylation sites is 1. The molecule has 218 valence electrons. The molecule has 1 amide bonds. The molecule has 2 fully saturated rings. The van der Waals surface area contributed by atoms with Crippen molar-refractivity contribution in [3.05, 3.63) is 72.3 Å². The van der Waals surface area contributed by atoms with Gasteiger partial charge in [0.25, 0.3) is 0 Å². The first-order valence-corrected chi connectivity index (χ1v) is 15.3. The molecule has 4 aromatic rings. The van der Waals surface area contributed by atoms with E-state index < -0.39 is 11.4 Å². The minimum absolute atomic E-state index is 0.131. The van der Waals surface area contributed by atoms with Crippen LogP contribution < -0.4 is 14.5 Å². The molecular weight excluding hydrogens is 608 g/mol. The molecule has 1 aliphatic carbocycles. The Morgan fingerprint density at radius 3 is 2.70 bits per heavy atom. The summed E-state index contributed by atoms with van der Waals surface area (Å²) >= 11 is 2.40. The van der Waals surface area contributed by atoms with Crippen molar-refractivity contribution >= 4 is 38.3 Å². The molecule has 3 heterocycles. The topological polar surface area (TPSA) is 109 Å². The second kappa shape index (κ2) is 11.9. The Labute approximate surface area is 258 Å². The maximum atomic E-state index is 15.6. The van der Waals surface area contributed by atoms with E-state index in [-0.39, 0.29) is 17.5 Å². The summed E-state index contributed by atoms with van der Waals surface area (Å²) in [7, 11) is 0. The molecule has 1 saturated heterocycles. The van der Waals surface area contributed by atoms with E-state index in [0.29, 0.717) is 57.4 Å². The second-order valence-corrected chi connectivity index (χ2v) is 12.5. The van der Waals surface area contributed by atoms with Crippen LogP contribution in [-0.2, 0) is 11.3 Å². The van der Waals surface area contributed by atoms with Crippen LogP contribution in [0.5, 0.6) is 11.5 Å². The molecule has 1 saturated carbocycles. The SMILES string of the molecule is CC(C)(C=C(C#N)C(=O)N1CCCC1Cn1nc(-c2ccc(Oc3ccccc3)cc2F)c2c([As])ncnc21)NC1CC1. The van der Waals surface area contributed by atoms with E-state index in [2.05, 4.69) is 38.2 Å². The summed E-state index contributed by atoms with van der Waals surface area (Å²) in [5, 5.41) is 18.8. The van der Waals surface area contributed by atoms with Crippen LogP contribution in [0.25, 0.3) is 22.3 Å². The van der Waals surface area contributed by atoms with Gasteiger partial charge in [0.15, 0.2) is 0 Å². The van der Waals surface area contributed by atoms with Crippen LogP contribution in [0.2, 0.25) is 0 Å². The molecule has 2 aliphatic rings. The van der Waals surface area contributed by atoms with Crippen LogP contribution in [0, 0.1) is 17.1 Å². The minimum Gasteiger partial charge on any atom is -0.0363 e. The van der Waals surface area contributed by atoms with Crippen molar-refractivity contribution in [2.75, 3.05) is 6.54 Å². The van der Waals surface area contributed by atoms with Crippen molar-refractivity contribution in [3.8, 4) is 28.8 Å². The van der Waals surface area contributed by atoms with Crippen LogP contribution in [-0.4, -0.2) is 71.6 Å². The van der Waals surface area contributed by atoms with Crippen molar-refractivity contribution in [3.63, 3.8) is 0 Å². The van der Waals surface area contributed by atoms with E-state index in [1.165, 1.54) is 12.4 Å². The van der Waals surface area contributed by atoms with Gasteiger partial charge in [0.1, 0.15) is 0 Å². The number of likely N-dealkylation sites (tertiary alicyclic amines) is 1. The first-order chi connectivity index (χ1) is 20.7. The van der Waals surface area contributed by atoms with Crippen LogP contribution >= 0.6 is 0 Å². The van der Waals surface area contributed by atoms with E-state index in [1.807, 2.05) is 32.0 Å². The Balaban J connectivity index is 1.28. The van der Waals surface area contributed by atoms with Gasteiger partial charge in [-0.15, -0.1) is 0 Å². The summed E-state index contributed by atoms with van der Waals surface area (Å²) in [5.41, 5.74) is 0.922. The van der Waals surface area contributed by atoms with Gasteiger partial charge >= 0.3 is 240 Å². The number of fused-ring (bicyclic) bond motifs is 1. The quantitative estimate of drug-likeness (QED) is 0.166. The first kappa shape index (κ1) is 29.0. The summed E-state index contributed by atoms with van der Waals surface area (Å²) in [4.78, 5) is 24.2. The predicted molar refractivity (Wildman–Crippen MR) is 161 cm³/mol. The van der Waals surface area contributed by atoms with Gasteiger partial charge < -0.3 is 0 Å². The Bertz CT molecular complexity index is 1740. The summed E-state index contributed by atoms with van der Waals surface area (Å²) in [6.07, 6.45) is 6.98. The summed E-state index contributed by atoms with van der Waals surface area (Å²) in [5.74, 6) is 0.213. The van der Waals surface area contributed by atoms with Crippen LogP contribution in [0.15, 0.2) is 66.5 Å². The van der Waals surface area contributed by atoms with Gasteiger partial charge in [-0.1, -0.05) is 0 Å². The number of hydrogen-bond acceptors (Lipinski definition) is 7. The molecule has 1 atom stereocenters. The number of rotatable bonds is 9. The average Bonchev–Trinajstić information content (AvgIpc) is 3.52. The van der Waals surface area contributed by atoms with E-state index >= 15 is 4.39 Å². The van der Waals surface area contributed by atoms with Gasteiger partial charge in [-0.25, -0.2) is 0 Å². The molecule has 1 N–H and O–H groups in total. The van der Waals surface area contributed by atoms with E-state index in [4.69, 9.17) is 9.84 Å². The van der Waals surface area contributed by atoms with Crippen molar-refractivity contribution in [2.45, 2.75) is 63.7 Å². The molecule has 9 nitrogen and oxygen atoms in total. The molecular formula is C32H31AsFN7O2. The Morgan fingerprint density at radius 2 is 1.98 bits per heavy atom. The maximum absolute atomic E-state index is 15.6. The summed E-state index contributed by atoms with van der Waals surface area (Å²) in [6, 6.07) is 16.3. The molecule has 0 spiro atoms. The van der Waals surface area contributed by atoms with Gasteiger partial charge in [-0.2, -0.15) is 0 Å². The Hall–Kier alpha value is -4.06. The molecule has 1 unspecified atom stereocenters. The third kappa shape index (κ3) is 6.34. The minimum atomic E-state index is -0.486. The third-order valence-electron chi connectivity index (χ3n) is 7.72. The number of nitriles is 1. The Morgan fingerprint density at radius 1 is 1.19 bits per heavy atom. The fraction of sp³-hybridized carbons (Fsp3) is 0.344. The fourth-order valence-electron chi connectivity index (χ4n) is 5.63. The smallest absolute Gasteiger partial charge is 0.0363 e. The molecule has 2 aromatic carbocycles. The zero-order chi connectivity index (χ0) is 30.1. The molecule has 43 heavy (non-hydrogen) atoms. The molecule has 11 heteroatoms. The van der Waals surface area contributed by atoms with E-state index in [0.717, 1.165) is 25.7 Å². The molecule has 6 rings (SSSR count). The van der Waals surface area contributed by atoms with Crippen molar-refractivity contribution in [2.24, 2.45) is 0 Å². The van der Waals surface area contributed by atoms with Gasteiger partial charge in [-0.05, 0) is 12.8 Å². The fourth-order valence-corrected chi connectivity index (χ4v) is 6.17. The number of ether oxygens (including phenoxy) is 1. The number of benzene rings is 2. The van der Waals surface area contributed by atoms with Gasteiger partial charge in [0, 0.05) is 6.04 Å². The van der Waals surface area contributed by atoms with Crippen molar-refractivity contribution in [1.82, 2.24) is 30.0 Å². The van der Waals surface area contributed by atoms with Crippen molar-refractivity contribution in [1.29, 1.82) is 5.26 Å². The normalized spacial score (nSPS) is 17.3. The van der Waals surface area contributed by atoms with Gasteiger partial charge in [0.05, 0.1) is 0 Å². The number of nitrogens with one attached hydrogen (secondary N) is 1. The zero-order valence-electron chi connectivity index (χ0n) is 24.0. The third-order valence-corrected chi connectivity index (χ3v) is 8.43. The van der Waals surface area contributed by atoms with Crippen LogP contribution in [0.1, 0.15) is 39.5 Å². The number of aromatic nitrogens is 4. The first-order valence-electron chi connectivity index (χ1n) is 14.4. The molecule has 2 aromatic heterocycles. The zero-order valence-corrected chi connectivity index (χ0v) is 25.9. The van der Waals surface area contributed by atoms with Crippen LogP contribution in [0.4, 0.5) is 4.39 Å². The van der Waals surface area contributed by atoms with Gasteiger partial charge in [0.2, 0.25) is 0 Å². The number of amides is 1. The monoisotopic (exact) mass is 639 g/mol.